The van der Waals surface area contributed by atoms with Crippen molar-refractivity contribution in [3.05, 3.63) is 28.8 Å². The summed E-state index contributed by atoms with van der Waals surface area (Å²) in [5.41, 5.74) is 6.50. The van der Waals surface area contributed by atoms with Gasteiger partial charge in [-0.05, 0) is 25.1 Å². The van der Waals surface area contributed by atoms with Crippen LogP contribution in [0.15, 0.2) is 18.2 Å². The molecule has 1 aliphatic heterocycles. The average molecular weight is 258 g/mol. The highest BCUT2D eigenvalue weighted by atomic mass is 35.5. The Bertz CT molecular complexity index is 403. The molecule has 0 unspecified atom stereocenters. The second kappa shape index (κ2) is 4.82. The second-order valence-electron chi connectivity index (χ2n) is 4.17. The van der Waals surface area contributed by atoms with E-state index in [4.69, 9.17) is 31.5 Å². The lowest BCUT2D eigenvalue weighted by molar-refractivity contribution is -0.269. The molecule has 0 bridgehead atoms. The monoisotopic (exact) mass is 257 g/mol. The Hall–Kier alpha value is -0.810. The first kappa shape index (κ1) is 12.6. The molecular formula is C12H16ClNO3. The smallest absolute Gasteiger partial charge is 0.193 e. The molecule has 2 N–H and O–H groups in total. The Labute approximate surface area is 106 Å². The van der Waals surface area contributed by atoms with Crippen LogP contribution in [0.25, 0.3) is 0 Å². The fourth-order valence-corrected chi connectivity index (χ4v) is 2.11. The number of nitrogens with two attached hydrogens (primary N) is 1. The van der Waals surface area contributed by atoms with E-state index in [2.05, 4.69) is 0 Å². The maximum absolute atomic E-state index is 6.20. The Morgan fingerprint density at radius 2 is 2.06 bits per heavy atom. The van der Waals surface area contributed by atoms with Crippen molar-refractivity contribution in [2.24, 2.45) is 5.73 Å². The van der Waals surface area contributed by atoms with Crippen LogP contribution < -0.4 is 10.5 Å². The molecular weight excluding hydrogens is 242 g/mol. The van der Waals surface area contributed by atoms with Crippen molar-refractivity contribution in [1.29, 1.82) is 0 Å². The van der Waals surface area contributed by atoms with E-state index >= 15 is 0 Å². The van der Waals surface area contributed by atoms with Gasteiger partial charge in [0.25, 0.3) is 0 Å². The zero-order valence-corrected chi connectivity index (χ0v) is 10.7. The van der Waals surface area contributed by atoms with Gasteiger partial charge in [0.15, 0.2) is 5.79 Å². The lowest BCUT2D eigenvalue weighted by Gasteiger charge is -2.37. The summed E-state index contributed by atoms with van der Waals surface area (Å²) in [7, 11) is 1.60. The Kier molecular flexibility index (Phi) is 3.58. The highest BCUT2D eigenvalue weighted by Crippen LogP contribution is 2.36. The van der Waals surface area contributed by atoms with Crippen molar-refractivity contribution in [1.82, 2.24) is 0 Å². The zero-order chi connectivity index (χ0) is 12.5. The van der Waals surface area contributed by atoms with Gasteiger partial charge in [-0.2, -0.15) is 0 Å². The summed E-state index contributed by atoms with van der Waals surface area (Å²) in [4.78, 5) is 0. The standard InChI is InChI=1S/C12H16ClNO3/c1-12(16-6-8(14)7-17-12)10-4-3-9(15-2)5-11(10)13/h3-5,8H,6-7,14H2,1-2H3. The molecule has 0 aromatic heterocycles. The fourth-order valence-electron chi connectivity index (χ4n) is 1.77. The van der Waals surface area contributed by atoms with Crippen molar-refractivity contribution in [3.8, 4) is 5.75 Å². The van der Waals surface area contributed by atoms with E-state index < -0.39 is 5.79 Å². The fraction of sp³-hybridized carbons (Fsp3) is 0.500. The first-order chi connectivity index (χ1) is 8.05. The first-order valence-electron chi connectivity index (χ1n) is 5.42. The van der Waals surface area contributed by atoms with Gasteiger partial charge in [0.1, 0.15) is 5.75 Å². The predicted molar refractivity (Wildman–Crippen MR) is 65.2 cm³/mol. The van der Waals surface area contributed by atoms with Gasteiger partial charge in [-0.15, -0.1) is 0 Å². The van der Waals surface area contributed by atoms with E-state index in [0.717, 1.165) is 5.56 Å². The zero-order valence-electron chi connectivity index (χ0n) is 9.90. The molecule has 1 fully saturated rings. The molecule has 0 aliphatic carbocycles. The first-order valence-corrected chi connectivity index (χ1v) is 5.80. The molecule has 1 saturated heterocycles. The van der Waals surface area contributed by atoms with Crippen molar-refractivity contribution >= 4 is 11.6 Å². The van der Waals surface area contributed by atoms with Crippen LogP contribution in [0.1, 0.15) is 12.5 Å². The number of rotatable bonds is 2. The van der Waals surface area contributed by atoms with E-state index in [9.17, 15) is 0 Å². The van der Waals surface area contributed by atoms with E-state index in [1.54, 1.807) is 13.2 Å². The molecule has 0 spiro atoms. The number of methoxy groups -OCH3 is 1. The molecule has 0 saturated carbocycles. The minimum atomic E-state index is -0.834. The van der Waals surface area contributed by atoms with Crippen LogP contribution in [0.3, 0.4) is 0 Å². The average Bonchev–Trinajstić information content (AvgIpc) is 2.33. The molecule has 4 nitrogen and oxygen atoms in total. The van der Waals surface area contributed by atoms with Gasteiger partial charge in [-0.3, -0.25) is 0 Å². The van der Waals surface area contributed by atoms with Crippen molar-refractivity contribution in [2.45, 2.75) is 18.8 Å². The molecule has 1 aromatic carbocycles. The van der Waals surface area contributed by atoms with Crippen LogP contribution in [0, 0.1) is 0 Å². The lowest BCUT2D eigenvalue weighted by Crippen LogP contribution is -2.46. The molecule has 0 amide bonds. The van der Waals surface area contributed by atoms with E-state index in [0.29, 0.717) is 24.0 Å². The third-order valence-corrected chi connectivity index (χ3v) is 3.12. The highest BCUT2D eigenvalue weighted by Gasteiger charge is 2.35. The summed E-state index contributed by atoms with van der Waals surface area (Å²) in [5.74, 6) is -0.131. The van der Waals surface area contributed by atoms with Crippen molar-refractivity contribution in [2.75, 3.05) is 20.3 Å². The van der Waals surface area contributed by atoms with E-state index in [1.165, 1.54) is 0 Å². The summed E-state index contributed by atoms with van der Waals surface area (Å²) in [6.45, 7) is 2.75. The number of halogens is 1. The van der Waals surface area contributed by atoms with Crippen LogP contribution in [-0.2, 0) is 15.3 Å². The maximum Gasteiger partial charge on any atom is 0.193 e. The van der Waals surface area contributed by atoms with Gasteiger partial charge in [-0.1, -0.05) is 11.6 Å². The number of hydrogen-bond acceptors (Lipinski definition) is 4. The number of benzene rings is 1. The molecule has 1 aromatic rings. The molecule has 94 valence electrons. The van der Waals surface area contributed by atoms with Gasteiger partial charge < -0.3 is 19.9 Å². The summed E-state index contributed by atoms with van der Waals surface area (Å²) < 4.78 is 16.4. The van der Waals surface area contributed by atoms with Gasteiger partial charge in [-0.25, -0.2) is 0 Å². The number of ether oxygens (including phenoxy) is 3. The summed E-state index contributed by atoms with van der Waals surface area (Å²) in [6.07, 6.45) is 0. The van der Waals surface area contributed by atoms with Crippen molar-refractivity contribution in [3.63, 3.8) is 0 Å². The van der Waals surface area contributed by atoms with Crippen molar-refractivity contribution < 1.29 is 14.2 Å². The minimum absolute atomic E-state index is 0.0832. The van der Waals surface area contributed by atoms with Gasteiger partial charge >= 0.3 is 0 Å². The maximum atomic E-state index is 6.20. The lowest BCUT2D eigenvalue weighted by atomic mass is 10.1. The molecule has 1 aliphatic rings. The van der Waals surface area contributed by atoms with Gasteiger partial charge in [0.05, 0.1) is 31.4 Å². The molecule has 0 radical (unpaired) electrons. The van der Waals surface area contributed by atoms with E-state index in [1.807, 2.05) is 19.1 Å². The summed E-state index contributed by atoms with van der Waals surface area (Å²) in [5, 5.41) is 0.558. The highest BCUT2D eigenvalue weighted by molar-refractivity contribution is 6.31. The van der Waals surface area contributed by atoms with Crippen LogP contribution in [0.4, 0.5) is 0 Å². The summed E-state index contributed by atoms with van der Waals surface area (Å²) >= 11 is 6.20. The quantitative estimate of drug-likeness (QED) is 0.879. The number of hydrogen-bond donors (Lipinski definition) is 1. The summed E-state index contributed by atoms with van der Waals surface area (Å²) in [6, 6.07) is 5.33. The Morgan fingerprint density at radius 1 is 1.41 bits per heavy atom. The largest absolute Gasteiger partial charge is 0.497 e. The normalized spacial score (nSPS) is 29.1. The van der Waals surface area contributed by atoms with Gasteiger partial charge in [0, 0.05) is 5.56 Å². The Balaban J connectivity index is 2.27. The molecule has 2 rings (SSSR count). The molecule has 0 atom stereocenters. The molecule has 5 heteroatoms. The van der Waals surface area contributed by atoms with E-state index in [-0.39, 0.29) is 6.04 Å². The predicted octanol–water partition coefficient (Wildman–Crippen LogP) is 1.90. The molecule has 17 heavy (non-hydrogen) atoms. The topological polar surface area (TPSA) is 53.7 Å². The Morgan fingerprint density at radius 3 is 2.59 bits per heavy atom. The SMILES string of the molecule is COc1ccc(C2(C)OCC(N)CO2)c(Cl)c1. The third kappa shape index (κ3) is 2.55. The van der Waals surface area contributed by atoms with Gasteiger partial charge in [0.2, 0.25) is 0 Å². The van der Waals surface area contributed by atoms with Crippen LogP contribution in [0.5, 0.6) is 5.75 Å². The minimum Gasteiger partial charge on any atom is -0.497 e. The third-order valence-electron chi connectivity index (χ3n) is 2.81. The molecule has 1 heterocycles. The van der Waals surface area contributed by atoms with Crippen LogP contribution in [-0.4, -0.2) is 26.4 Å². The van der Waals surface area contributed by atoms with Crippen LogP contribution in [0.2, 0.25) is 5.02 Å². The van der Waals surface area contributed by atoms with Crippen LogP contribution >= 0.6 is 11.6 Å². The second-order valence-corrected chi connectivity index (χ2v) is 4.58.